The maximum Gasteiger partial charge on any atom is 0.266 e. The molecule has 0 heterocycles. The first kappa shape index (κ1) is 24.6. The van der Waals surface area contributed by atoms with Crippen LogP contribution in [0.3, 0.4) is 0 Å². The first-order valence-corrected chi connectivity index (χ1v) is 11.7. The number of benzene rings is 3. The van der Waals surface area contributed by atoms with Crippen LogP contribution in [0.25, 0.3) is 6.08 Å². The lowest BCUT2D eigenvalue weighted by molar-refractivity contribution is -0.112. The van der Waals surface area contributed by atoms with Crippen molar-refractivity contribution in [1.82, 2.24) is 0 Å². The van der Waals surface area contributed by atoms with Crippen molar-refractivity contribution in [2.45, 2.75) is 20.5 Å². The molecule has 3 aromatic carbocycles. The number of anilines is 1. The first-order chi connectivity index (χ1) is 15.9. The molecule has 0 aliphatic rings. The minimum absolute atomic E-state index is 0.0308. The number of carbonyl (C=O) groups is 1. The summed E-state index contributed by atoms with van der Waals surface area (Å²) in [5.41, 5.74) is 3.42. The Bertz CT molecular complexity index is 1220. The van der Waals surface area contributed by atoms with Gasteiger partial charge in [-0.3, -0.25) is 4.79 Å². The Labute approximate surface area is 212 Å². The third kappa shape index (κ3) is 6.73. The van der Waals surface area contributed by atoms with E-state index in [0.717, 1.165) is 14.7 Å². The molecule has 0 aromatic heterocycles. The number of nitriles is 1. The summed E-state index contributed by atoms with van der Waals surface area (Å²) in [6, 6.07) is 20.3. The molecule has 5 nitrogen and oxygen atoms in total. The number of halogens is 2. The van der Waals surface area contributed by atoms with Gasteiger partial charge in [0.05, 0.1) is 10.2 Å². The van der Waals surface area contributed by atoms with Crippen LogP contribution in [0.5, 0.6) is 11.5 Å². The number of nitrogens with zero attached hydrogens (tertiary/aromatic N) is 1. The van der Waals surface area contributed by atoms with Crippen LogP contribution in [0.15, 0.2) is 66.2 Å². The van der Waals surface area contributed by atoms with Gasteiger partial charge in [0, 0.05) is 10.7 Å². The Kier molecular flexibility index (Phi) is 8.75. The van der Waals surface area contributed by atoms with E-state index in [9.17, 15) is 10.1 Å². The molecule has 0 atom stereocenters. The predicted octanol–water partition coefficient (Wildman–Crippen LogP) is 6.78. The van der Waals surface area contributed by atoms with E-state index in [1.54, 1.807) is 30.3 Å². The minimum atomic E-state index is -0.507. The van der Waals surface area contributed by atoms with Crippen molar-refractivity contribution in [1.29, 1.82) is 5.26 Å². The Morgan fingerprint density at radius 1 is 1.15 bits per heavy atom. The second-order valence-electron chi connectivity index (χ2n) is 7.11. The SMILES string of the molecule is CCOc1cc(/C=C(\C#N)C(=O)Nc2ccc(Cl)cc2)cc(I)c1OCc1ccccc1C. The van der Waals surface area contributed by atoms with Crippen molar-refractivity contribution < 1.29 is 14.3 Å². The van der Waals surface area contributed by atoms with Crippen molar-refractivity contribution in [2.75, 3.05) is 11.9 Å². The highest BCUT2D eigenvalue weighted by Gasteiger charge is 2.15. The van der Waals surface area contributed by atoms with E-state index in [-0.39, 0.29) is 5.57 Å². The molecule has 0 unspecified atom stereocenters. The molecule has 33 heavy (non-hydrogen) atoms. The van der Waals surface area contributed by atoms with Gasteiger partial charge in [-0.05, 0) is 95.6 Å². The summed E-state index contributed by atoms with van der Waals surface area (Å²) in [4.78, 5) is 12.6. The summed E-state index contributed by atoms with van der Waals surface area (Å²) in [5, 5.41) is 12.8. The van der Waals surface area contributed by atoms with Crippen LogP contribution in [0.1, 0.15) is 23.6 Å². The summed E-state index contributed by atoms with van der Waals surface area (Å²) in [5.74, 6) is 0.675. The third-order valence-electron chi connectivity index (χ3n) is 4.74. The smallest absolute Gasteiger partial charge is 0.266 e. The zero-order valence-corrected chi connectivity index (χ0v) is 21.1. The van der Waals surface area contributed by atoms with Gasteiger partial charge in [0.25, 0.3) is 5.91 Å². The molecule has 0 saturated heterocycles. The molecule has 0 aliphatic carbocycles. The quantitative estimate of drug-likeness (QED) is 0.184. The normalized spacial score (nSPS) is 10.9. The molecule has 1 amide bonds. The maximum absolute atomic E-state index is 12.6. The lowest BCUT2D eigenvalue weighted by Gasteiger charge is -2.15. The number of aryl methyl sites for hydroxylation is 1. The Hall–Kier alpha value is -3.02. The van der Waals surface area contributed by atoms with E-state index in [1.807, 2.05) is 50.2 Å². The molecule has 3 aromatic rings. The monoisotopic (exact) mass is 572 g/mol. The Balaban J connectivity index is 1.85. The van der Waals surface area contributed by atoms with Gasteiger partial charge >= 0.3 is 0 Å². The molecular formula is C26H22ClIN2O3. The first-order valence-electron chi connectivity index (χ1n) is 10.2. The summed E-state index contributed by atoms with van der Waals surface area (Å²) >= 11 is 8.05. The fourth-order valence-electron chi connectivity index (χ4n) is 3.04. The average Bonchev–Trinajstić information content (AvgIpc) is 2.79. The van der Waals surface area contributed by atoms with E-state index in [1.165, 1.54) is 6.08 Å². The third-order valence-corrected chi connectivity index (χ3v) is 5.80. The molecule has 7 heteroatoms. The molecule has 0 radical (unpaired) electrons. The largest absolute Gasteiger partial charge is 0.490 e. The molecule has 168 valence electrons. The summed E-state index contributed by atoms with van der Waals surface area (Å²) in [7, 11) is 0. The number of nitrogens with one attached hydrogen (secondary N) is 1. The van der Waals surface area contributed by atoms with Gasteiger partial charge in [-0.2, -0.15) is 5.26 Å². The van der Waals surface area contributed by atoms with E-state index in [0.29, 0.717) is 41.0 Å². The Morgan fingerprint density at radius 3 is 2.55 bits per heavy atom. The maximum atomic E-state index is 12.6. The number of ether oxygens (including phenoxy) is 2. The van der Waals surface area contributed by atoms with Gasteiger partial charge in [0.2, 0.25) is 0 Å². The van der Waals surface area contributed by atoms with Crippen LogP contribution in [0.2, 0.25) is 5.02 Å². The molecule has 0 saturated carbocycles. The lowest BCUT2D eigenvalue weighted by Crippen LogP contribution is -2.13. The van der Waals surface area contributed by atoms with Crippen molar-refractivity contribution in [3.8, 4) is 17.6 Å². The highest BCUT2D eigenvalue weighted by atomic mass is 127. The van der Waals surface area contributed by atoms with E-state index in [2.05, 4.69) is 27.9 Å². The summed E-state index contributed by atoms with van der Waals surface area (Å²) in [6.45, 7) is 4.79. The van der Waals surface area contributed by atoms with E-state index in [4.69, 9.17) is 21.1 Å². The van der Waals surface area contributed by atoms with E-state index < -0.39 is 5.91 Å². The number of amides is 1. The molecule has 1 N–H and O–H groups in total. The van der Waals surface area contributed by atoms with Gasteiger partial charge < -0.3 is 14.8 Å². The van der Waals surface area contributed by atoms with Crippen LogP contribution in [0, 0.1) is 21.8 Å². The van der Waals surface area contributed by atoms with Gasteiger partial charge in [0.15, 0.2) is 11.5 Å². The fraction of sp³-hybridized carbons (Fsp3) is 0.154. The van der Waals surface area contributed by atoms with Gasteiger partial charge in [0.1, 0.15) is 18.2 Å². The number of hydrogen-bond acceptors (Lipinski definition) is 4. The standard InChI is InChI=1S/C26H22ClIN2O3/c1-3-32-24-14-18(12-20(15-29)26(31)30-22-10-8-21(27)9-11-22)13-23(28)25(24)33-16-19-7-5-4-6-17(19)2/h4-14H,3,16H2,1-2H3,(H,30,31)/b20-12+. The molecule has 3 rings (SSSR count). The van der Waals surface area contributed by atoms with Crippen LogP contribution in [0.4, 0.5) is 5.69 Å². The summed E-state index contributed by atoms with van der Waals surface area (Å²) in [6.07, 6.45) is 1.53. The van der Waals surface area contributed by atoms with Crippen molar-refractivity contribution in [3.63, 3.8) is 0 Å². The Morgan fingerprint density at radius 2 is 1.88 bits per heavy atom. The van der Waals surface area contributed by atoms with Crippen LogP contribution in [-0.2, 0) is 11.4 Å². The molecular weight excluding hydrogens is 551 g/mol. The number of rotatable bonds is 8. The topological polar surface area (TPSA) is 71.3 Å². The number of carbonyl (C=O) groups excluding carboxylic acids is 1. The van der Waals surface area contributed by atoms with Crippen molar-refractivity contribution in [3.05, 3.63) is 91.5 Å². The highest BCUT2D eigenvalue weighted by Crippen LogP contribution is 2.35. The van der Waals surface area contributed by atoms with Crippen LogP contribution < -0.4 is 14.8 Å². The van der Waals surface area contributed by atoms with Crippen LogP contribution in [-0.4, -0.2) is 12.5 Å². The predicted molar refractivity (Wildman–Crippen MR) is 140 cm³/mol. The molecule has 0 aliphatic heterocycles. The molecule has 0 bridgehead atoms. The second kappa shape index (κ2) is 11.7. The summed E-state index contributed by atoms with van der Waals surface area (Å²) < 4.78 is 12.7. The van der Waals surface area contributed by atoms with Gasteiger partial charge in [-0.1, -0.05) is 35.9 Å². The number of hydrogen-bond donors (Lipinski definition) is 1. The minimum Gasteiger partial charge on any atom is -0.490 e. The zero-order chi connectivity index (χ0) is 23.8. The molecule has 0 spiro atoms. The lowest BCUT2D eigenvalue weighted by atomic mass is 10.1. The van der Waals surface area contributed by atoms with Crippen LogP contribution >= 0.6 is 34.2 Å². The second-order valence-corrected chi connectivity index (χ2v) is 8.71. The van der Waals surface area contributed by atoms with Crippen molar-refractivity contribution >= 4 is 51.9 Å². The highest BCUT2D eigenvalue weighted by molar-refractivity contribution is 14.1. The zero-order valence-electron chi connectivity index (χ0n) is 18.2. The van der Waals surface area contributed by atoms with E-state index >= 15 is 0 Å². The molecule has 0 fully saturated rings. The van der Waals surface area contributed by atoms with Gasteiger partial charge in [-0.25, -0.2) is 0 Å². The van der Waals surface area contributed by atoms with Crippen molar-refractivity contribution in [2.24, 2.45) is 0 Å². The average molecular weight is 573 g/mol. The fourth-order valence-corrected chi connectivity index (χ4v) is 3.95. The van der Waals surface area contributed by atoms with Gasteiger partial charge in [-0.15, -0.1) is 0 Å².